The third-order valence-electron chi connectivity index (χ3n) is 2.96. The van der Waals surface area contributed by atoms with Crippen molar-refractivity contribution in [3.05, 3.63) is 30.1 Å². The van der Waals surface area contributed by atoms with Gasteiger partial charge in [-0.15, -0.1) is 0 Å². The van der Waals surface area contributed by atoms with E-state index >= 15 is 0 Å². The number of hydrogen-bond donors (Lipinski definition) is 2. The third kappa shape index (κ3) is 4.53. The van der Waals surface area contributed by atoms with E-state index in [1.165, 1.54) is 30.3 Å². The first-order chi connectivity index (χ1) is 11.7. The lowest BCUT2D eigenvalue weighted by atomic mass is 10.4. The molecule has 0 spiro atoms. The summed E-state index contributed by atoms with van der Waals surface area (Å²) in [6.45, 7) is 1.68. The van der Waals surface area contributed by atoms with Gasteiger partial charge in [-0.1, -0.05) is 0 Å². The van der Waals surface area contributed by atoms with Crippen LogP contribution >= 0.6 is 0 Å². The second-order valence-electron chi connectivity index (χ2n) is 5.15. The van der Waals surface area contributed by atoms with Crippen molar-refractivity contribution in [3.8, 4) is 5.88 Å². The summed E-state index contributed by atoms with van der Waals surface area (Å²) in [7, 11) is 0.578. The van der Waals surface area contributed by atoms with Gasteiger partial charge in [-0.05, 0) is 19.1 Å². The minimum Gasteiger partial charge on any atom is -0.481 e. The van der Waals surface area contributed by atoms with E-state index in [1.54, 1.807) is 27.1 Å². The maximum absolute atomic E-state index is 12.4. The number of sulfonamides is 1. The number of ether oxygens (including phenoxy) is 1. The van der Waals surface area contributed by atoms with Crippen LogP contribution < -0.4 is 19.7 Å². The molecule has 2 aromatic heterocycles. The van der Waals surface area contributed by atoms with Gasteiger partial charge in [0.15, 0.2) is 0 Å². The van der Waals surface area contributed by atoms with E-state index < -0.39 is 16.1 Å². The summed E-state index contributed by atoms with van der Waals surface area (Å²) < 4.78 is 31.8. The van der Waals surface area contributed by atoms with Gasteiger partial charge in [0.2, 0.25) is 11.8 Å². The van der Waals surface area contributed by atoms with Gasteiger partial charge >= 0.3 is 6.03 Å². The van der Waals surface area contributed by atoms with Crippen molar-refractivity contribution in [2.24, 2.45) is 0 Å². The Hall–Kier alpha value is -2.95. The number of nitrogens with zero attached hydrogens (tertiary/aromatic N) is 4. The molecule has 10 nitrogen and oxygen atoms in total. The Morgan fingerprint density at radius 2 is 2.00 bits per heavy atom. The summed E-state index contributed by atoms with van der Waals surface area (Å²) in [4.78, 5) is 25.4. The van der Waals surface area contributed by atoms with Crippen molar-refractivity contribution in [2.45, 2.75) is 11.8 Å². The number of hydrogen-bond acceptors (Lipinski definition) is 8. The normalized spacial score (nSPS) is 10.9. The topological polar surface area (TPSA) is 126 Å². The largest absolute Gasteiger partial charge is 0.481 e. The fourth-order valence-corrected chi connectivity index (χ4v) is 3.07. The van der Waals surface area contributed by atoms with Gasteiger partial charge in [-0.3, -0.25) is 5.32 Å². The number of amides is 2. The van der Waals surface area contributed by atoms with Crippen molar-refractivity contribution in [1.82, 2.24) is 19.7 Å². The smallest absolute Gasteiger partial charge is 0.335 e. The lowest BCUT2D eigenvalue weighted by Gasteiger charge is -2.16. The van der Waals surface area contributed by atoms with Crippen molar-refractivity contribution in [2.75, 3.05) is 31.4 Å². The molecular formula is C14H18N6O4S. The molecule has 0 bridgehead atoms. The summed E-state index contributed by atoms with van der Waals surface area (Å²) in [5, 5.41) is 2.27. The molecule has 0 saturated carbocycles. The third-order valence-corrected chi connectivity index (χ3v) is 4.31. The Morgan fingerprint density at radius 3 is 2.64 bits per heavy atom. The summed E-state index contributed by atoms with van der Waals surface area (Å²) >= 11 is 0. The fraction of sp³-hybridized carbons (Fsp3) is 0.286. The molecule has 0 aliphatic heterocycles. The Labute approximate surface area is 145 Å². The highest BCUT2D eigenvalue weighted by Crippen LogP contribution is 2.20. The molecule has 0 radical (unpaired) electrons. The van der Waals surface area contributed by atoms with Gasteiger partial charge < -0.3 is 9.64 Å². The maximum Gasteiger partial charge on any atom is 0.335 e. The number of aryl methyl sites for hydroxylation is 1. The van der Waals surface area contributed by atoms with Gasteiger partial charge in [0.05, 0.1) is 7.11 Å². The van der Waals surface area contributed by atoms with Crippen LogP contribution in [0.25, 0.3) is 0 Å². The van der Waals surface area contributed by atoms with Crippen molar-refractivity contribution < 1.29 is 17.9 Å². The van der Waals surface area contributed by atoms with Crippen LogP contribution in [0.5, 0.6) is 5.88 Å². The van der Waals surface area contributed by atoms with Crippen LogP contribution in [0.2, 0.25) is 0 Å². The Bertz CT molecular complexity index is 885. The van der Waals surface area contributed by atoms with E-state index in [4.69, 9.17) is 4.74 Å². The summed E-state index contributed by atoms with van der Waals surface area (Å²) in [5.74, 6) is 0.368. The molecule has 25 heavy (non-hydrogen) atoms. The quantitative estimate of drug-likeness (QED) is 0.794. The Kier molecular flexibility index (Phi) is 5.37. The first kappa shape index (κ1) is 18.4. The highest BCUT2D eigenvalue weighted by Gasteiger charge is 2.23. The van der Waals surface area contributed by atoms with Crippen LogP contribution in [0.3, 0.4) is 0 Å². The van der Waals surface area contributed by atoms with E-state index in [0.717, 1.165) is 0 Å². The second kappa shape index (κ2) is 7.30. The standard InChI is InChI=1S/C14H18N6O4S/c1-9-8-11(24-4)17-13(16-9)18-14(21)19-25(22,23)10-6-5-7-15-12(10)20(2)3/h5-8H,1-4H3,(H2,16,17,18,19,21). The molecule has 2 heterocycles. The van der Waals surface area contributed by atoms with E-state index in [1.807, 2.05) is 4.72 Å². The summed E-state index contributed by atoms with van der Waals surface area (Å²) in [6.07, 6.45) is 1.46. The molecule has 0 aromatic carbocycles. The number of anilines is 2. The number of rotatable bonds is 5. The van der Waals surface area contributed by atoms with Gasteiger partial charge in [-0.25, -0.2) is 27.9 Å². The molecule has 0 fully saturated rings. The summed E-state index contributed by atoms with van der Waals surface area (Å²) in [5.41, 5.74) is 0.548. The average Bonchev–Trinajstić information content (AvgIpc) is 2.53. The van der Waals surface area contributed by atoms with E-state index in [0.29, 0.717) is 5.69 Å². The summed E-state index contributed by atoms with van der Waals surface area (Å²) in [6, 6.07) is 3.39. The first-order valence-corrected chi connectivity index (χ1v) is 8.57. The second-order valence-corrected chi connectivity index (χ2v) is 6.81. The molecule has 0 aliphatic rings. The van der Waals surface area contributed by atoms with Gasteiger partial charge in [-0.2, -0.15) is 4.98 Å². The van der Waals surface area contributed by atoms with Gasteiger partial charge in [0.1, 0.15) is 10.7 Å². The van der Waals surface area contributed by atoms with Crippen LogP contribution in [0.1, 0.15) is 5.69 Å². The number of aromatic nitrogens is 3. The molecule has 2 aromatic rings. The average molecular weight is 366 g/mol. The molecule has 2 amide bonds. The molecule has 2 N–H and O–H groups in total. The van der Waals surface area contributed by atoms with E-state index in [2.05, 4.69) is 20.3 Å². The highest BCUT2D eigenvalue weighted by molar-refractivity contribution is 7.90. The van der Waals surface area contributed by atoms with E-state index in [9.17, 15) is 13.2 Å². The molecule has 2 rings (SSSR count). The zero-order valence-corrected chi connectivity index (χ0v) is 15.0. The fourth-order valence-electron chi connectivity index (χ4n) is 1.93. The van der Waals surface area contributed by atoms with Crippen molar-refractivity contribution >= 4 is 27.8 Å². The molecule has 0 unspecified atom stereocenters. The molecule has 0 saturated heterocycles. The minimum absolute atomic E-state index is 0.0800. The van der Waals surface area contributed by atoms with Crippen LogP contribution in [0.15, 0.2) is 29.3 Å². The van der Waals surface area contributed by atoms with Crippen molar-refractivity contribution in [3.63, 3.8) is 0 Å². The first-order valence-electron chi connectivity index (χ1n) is 7.09. The highest BCUT2D eigenvalue weighted by atomic mass is 32.2. The maximum atomic E-state index is 12.4. The number of urea groups is 1. The number of carbonyl (C=O) groups is 1. The minimum atomic E-state index is -4.13. The number of carbonyl (C=O) groups excluding carboxylic acids is 1. The predicted octanol–water partition coefficient (Wildman–Crippen LogP) is 0.765. The van der Waals surface area contributed by atoms with E-state index in [-0.39, 0.29) is 22.5 Å². The Balaban J connectivity index is 2.21. The molecule has 11 heteroatoms. The molecule has 0 aliphatic carbocycles. The zero-order valence-electron chi connectivity index (χ0n) is 14.1. The monoisotopic (exact) mass is 366 g/mol. The SMILES string of the molecule is COc1cc(C)nc(NC(=O)NS(=O)(=O)c2cccnc2N(C)C)n1. The number of pyridine rings is 1. The number of methoxy groups -OCH3 is 1. The molecule has 134 valence electrons. The van der Waals surface area contributed by atoms with Gasteiger partial charge in [0, 0.05) is 32.1 Å². The lowest BCUT2D eigenvalue weighted by Crippen LogP contribution is -2.35. The van der Waals surface area contributed by atoms with Crippen LogP contribution in [-0.4, -0.2) is 50.6 Å². The lowest BCUT2D eigenvalue weighted by molar-refractivity contribution is 0.256. The molecular weight excluding hydrogens is 348 g/mol. The van der Waals surface area contributed by atoms with Crippen LogP contribution in [-0.2, 0) is 10.0 Å². The predicted molar refractivity (Wildman–Crippen MR) is 91.2 cm³/mol. The van der Waals surface area contributed by atoms with Crippen molar-refractivity contribution in [1.29, 1.82) is 0 Å². The molecule has 0 atom stereocenters. The van der Waals surface area contributed by atoms with Crippen LogP contribution in [0.4, 0.5) is 16.6 Å². The number of nitrogens with one attached hydrogen (secondary N) is 2. The van der Waals surface area contributed by atoms with Gasteiger partial charge in [0.25, 0.3) is 10.0 Å². The van der Waals surface area contributed by atoms with Crippen LogP contribution in [0, 0.1) is 6.92 Å². The Morgan fingerprint density at radius 1 is 1.28 bits per heavy atom. The zero-order chi connectivity index (χ0) is 18.6.